The molecule has 132 valence electrons. The molecule has 1 aliphatic rings. The lowest BCUT2D eigenvalue weighted by Crippen LogP contribution is -2.30. The highest BCUT2D eigenvalue weighted by molar-refractivity contribution is 6.30. The molecular weight excluding hydrogens is 332 g/mol. The number of nitrogens with zero attached hydrogens (tertiary/aromatic N) is 1. The summed E-state index contributed by atoms with van der Waals surface area (Å²) in [5, 5.41) is 3.56. The molecule has 3 rings (SSSR count). The van der Waals surface area contributed by atoms with Gasteiger partial charge in [0, 0.05) is 35.9 Å². The monoisotopic (exact) mass is 356 g/mol. The minimum Gasteiger partial charge on any atom is -0.371 e. The number of aryl methyl sites for hydroxylation is 1. The number of nitrogens with one attached hydrogen (secondary N) is 1. The molecule has 0 unspecified atom stereocenters. The first-order valence-electron chi connectivity index (χ1n) is 9.08. The van der Waals surface area contributed by atoms with Gasteiger partial charge in [0.05, 0.1) is 0 Å². The summed E-state index contributed by atoms with van der Waals surface area (Å²) in [5.41, 5.74) is 4.72. The lowest BCUT2D eigenvalue weighted by Gasteiger charge is -2.31. The van der Waals surface area contributed by atoms with E-state index in [2.05, 4.69) is 35.3 Å². The highest BCUT2D eigenvalue weighted by Crippen LogP contribution is 2.28. The van der Waals surface area contributed by atoms with E-state index in [1.165, 1.54) is 29.7 Å². The predicted octanol–water partition coefficient (Wildman–Crippen LogP) is 4.48. The fourth-order valence-corrected chi connectivity index (χ4v) is 3.63. The van der Waals surface area contributed by atoms with E-state index in [-0.39, 0.29) is 5.91 Å². The third-order valence-electron chi connectivity index (χ3n) is 4.64. The van der Waals surface area contributed by atoms with Crippen molar-refractivity contribution in [2.24, 2.45) is 0 Å². The van der Waals surface area contributed by atoms with Crippen molar-refractivity contribution in [3.05, 3.63) is 64.2 Å². The number of rotatable bonds is 6. The minimum absolute atomic E-state index is 0.0745. The normalized spacial score (nSPS) is 13.4. The van der Waals surface area contributed by atoms with Crippen LogP contribution in [0.3, 0.4) is 0 Å². The highest BCUT2D eigenvalue weighted by Gasteiger charge is 2.16. The Hall–Kier alpha value is -2.00. The third-order valence-corrected chi connectivity index (χ3v) is 4.87. The van der Waals surface area contributed by atoms with Crippen LogP contribution in [-0.2, 0) is 12.8 Å². The minimum atomic E-state index is -0.0745. The number of fused-ring (bicyclic) bond motifs is 1. The summed E-state index contributed by atoms with van der Waals surface area (Å²) in [6.07, 6.45) is 4.39. The molecule has 0 aromatic heterocycles. The maximum Gasteiger partial charge on any atom is 0.251 e. The Morgan fingerprint density at radius 1 is 1.24 bits per heavy atom. The van der Waals surface area contributed by atoms with E-state index in [4.69, 9.17) is 11.6 Å². The fourth-order valence-electron chi connectivity index (χ4n) is 3.44. The Bertz CT molecular complexity index is 744. The lowest BCUT2D eigenvalue weighted by atomic mass is 9.98. The molecule has 0 saturated heterocycles. The van der Waals surface area contributed by atoms with E-state index in [0.717, 1.165) is 25.9 Å². The molecule has 1 N–H and O–H groups in total. The van der Waals surface area contributed by atoms with Crippen molar-refractivity contribution in [3.8, 4) is 0 Å². The molecule has 0 fully saturated rings. The second kappa shape index (κ2) is 8.39. The van der Waals surface area contributed by atoms with Crippen LogP contribution in [0.25, 0.3) is 0 Å². The summed E-state index contributed by atoms with van der Waals surface area (Å²) in [5.74, 6) is -0.0745. The van der Waals surface area contributed by atoms with E-state index in [1.54, 1.807) is 24.3 Å². The zero-order valence-corrected chi connectivity index (χ0v) is 15.5. The second-order valence-corrected chi connectivity index (χ2v) is 7.01. The summed E-state index contributed by atoms with van der Waals surface area (Å²) >= 11 is 5.94. The molecule has 0 saturated carbocycles. The Kier molecular flexibility index (Phi) is 5.98. The van der Waals surface area contributed by atoms with Gasteiger partial charge in [-0.05, 0) is 61.1 Å². The standard InChI is InChI=1S/C21H25ClN2O/c1-2-12-24-13-4-6-17-14-16(8-9-20(17)24)10-11-23-21(25)18-5-3-7-19(22)15-18/h3,5,7-9,14-15H,2,4,6,10-13H2,1H3,(H,23,25). The van der Waals surface area contributed by atoms with Gasteiger partial charge in [0.25, 0.3) is 5.91 Å². The van der Waals surface area contributed by atoms with Gasteiger partial charge in [-0.25, -0.2) is 0 Å². The van der Waals surface area contributed by atoms with Crippen molar-refractivity contribution in [1.29, 1.82) is 0 Å². The smallest absolute Gasteiger partial charge is 0.251 e. The van der Waals surface area contributed by atoms with E-state index in [1.807, 2.05) is 0 Å². The van der Waals surface area contributed by atoms with Crippen LogP contribution >= 0.6 is 11.6 Å². The molecule has 0 spiro atoms. The van der Waals surface area contributed by atoms with Crippen LogP contribution in [0.4, 0.5) is 5.69 Å². The van der Waals surface area contributed by atoms with Crippen molar-refractivity contribution in [2.75, 3.05) is 24.5 Å². The molecule has 1 aliphatic heterocycles. The summed E-state index contributed by atoms with van der Waals surface area (Å²) in [6.45, 7) is 5.14. The second-order valence-electron chi connectivity index (χ2n) is 6.57. The summed E-state index contributed by atoms with van der Waals surface area (Å²) in [7, 11) is 0. The van der Waals surface area contributed by atoms with Crippen molar-refractivity contribution < 1.29 is 4.79 Å². The van der Waals surface area contributed by atoms with Crippen LogP contribution in [0, 0.1) is 0 Å². The fraction of sp³-hybridized carbons (Fsp3) is 0.381. The van der Waals surface area contributed by atoms with E-state index in [9.17, 15) is 4.79 Å². The lowest BCUT2D eigenvalue weighted by molar-refractivity contribution is 0.0954. The molecule has 25 heavy (non-hydrogen) atoms. The van der Waals surface area contributed by atoms with Crippen LogP contribution in [0.15, 0.2) is 42.5 Å². The Morgan fingerprint density at radius 3 is 2.92 bits per heavy atom. The topological polar surface area (TPSA) is 32.3 Å². The zero-order valence-electron chi connectivity index (χ0n) is 14.7. The number of carbonyl (C=O) groups excluding carboxylic acids is 1. The summed E-state index contributed by atoms with van der Waals surface area (Å²) in [6, 6.07) is 13.8. The largest absolute Gasteiger partial charge is 0.371 e. The van der Waals surface area contributed by atoms with Gasteiger partial charge in [-0.3, -0.25) is 4.79 Å². The van der Waals surface area contributed by atoms with Gasteiger partial charge in [-0.1, -0.05) is 36.7 Å². The van der Waals surface area contributed by atoms with Crippen LogP contribution < -0.4 is 10.2 Å². The van der Waals surface area contributed by atoms with Crippen molar-refractivity contribution >= 4 is 23.2 Å². The quantitative estimate of drug-likeness (QED) is 0.827. The highest BCUT2D eigenvalue weighted by atomic mass is 35.5. The molecule has 3 nitrogen and oxygen atoms in total. The summed E-state index contributed by atoms with van der Waals surface area (Å²) in [4.78, 5) is 14.6. The Morgan fingerprint density at radius 2 is 2.12 bits per heavy atom. The first-order chi connectivity index (χ1) is 12.2. The van der Waals surface area contributed by atoms with Crippen LogP contribution in [0.2, 0.25) is 5.02 Å². The molecule has 1 amide bonds. The number of hydrogen-bond donors (Lipinski definition) is 1. The molecule has 0 atom stereocenters. The van der Waals surface area contributed by atoms with E-state index < -0.39 is 0 Å². The maximum absolute atomic E-state index is 12.2. The average molecular weight is 357 g/mol. The first-order valence-corrected chi connectivity index (χ1v) is 9.45. The van der Waals surface area contributed by atoms with Gasteiger partial charge >= 0.3 is 0 Å². The van der Waals surface area contributed by atoms with Crippen LogP contribution in [-0.4, -0.2) is 25.5 Å². The van der Waals surface area contributed by atoms with Gasteiger partial charge in [-0.15, -0.1) is 0 Å². The third kappa shape index (κ3) is 4.55. The Balaban J connectivity index is 1.58. The Labute approximate surface area is 155 Å². The molecule has 1 heterocycles. The molecule has 4 heteroatoms. The number of benzene rings is 2. The average Bonchev–Trinajstić information content (AvgIpc) is 2.62. The molecule has 0 bridgehead atoms. The van der Waals surface area contributed by atoms with E-state index in [0.29, 0.717) is 17.1 Å². The molecule has 2 aromatic carbocycles. The van der Waals surface area contributed by atoms with Crippen LogP contribution in [0.5, 0.6) is 0 Å². The maximum atomic E-state index is 12.2. The van der Waals surface area contributed by atoms with Crippen molar-refractivity contribution in [1.82, 2.24) is 5.32 Å². The van der Waals surface area contributed by atoms with Crippen molar-refractivity contribution in [3.63, 3.8) is 0 Å². The first kappa shape index (κ1) is 17.8. The SMILES string of the molecule is CCCN1CCCc2cc(CCNC(=O)c3cccc(Cl)c3)ccc21. The van der Waals surface area contributed by atoms with Crippen molar-refractivity contribution in [2.45, 2.75) is 32.6 Å². The zero-order chi connectivity index (χ0) is 17.6. The number of amides is 1. The molecular formula is C21H25ClN2O. The number of hydrogen-bond acceptors (Lipinski definition) is 2. The molecule has 0 aliphatic carbocycles. The number of anilines is 1. The van der Waals surface area contributed by atoms with Gasteiger partial charge in [0.15, 0.2) is 0 Å². The molecule has 2 aromatic rings. The van der Waals surface area contributed by atoms with Gasteiger partial charge < -0.3 is 10.2 Å². The number of carbonyl (C=O) groups is 1. The van der Waals surface area contributed by atoms with Gasteiger partial charge in [-0.2, -0.15) is 0 Å². The predicted molar refractivity (Wildman–Crippen MR) is 105 cm³/mol. The van der Waals surface area contributed by atoms with Crippen LogP contribution in [0.1, 0.15) is 41.3 Å². The number of halogens is 1. The summed E-state index contributed by atoms with van der Waals surface area (Å²) < 4.78 is 0. The van der Waals surface area contributed by atoms with E-state index >= 15 is 0 Å². The van der Waals surface area contributed by atoms with Gasteiger partial charge in [0.2, 0.25) is 0 Å². The van der Waals surface area contributed by atoms with Gasteiger partial charge in [0.1, 0.15) is 0 Å². The molecule has 0 radical (unpaired) electrons.